The molecule has 0 bridgehead atoms. The van der Waals surface area contributed by atoms with Gasteiger partial charge in [0.15, 0.2) is 11.7 Å². The molecule has 0 radical (unpaired) electrons. The van der Waals surface area contributed by atoms with E-state index in [2.05, 4.69) is 50.1 Å². The number of aryl methyl sites for hydroxylation is 1. The third kappa shape index (κ3) is 4.18. The average molecular weight is 278 g/mol. The van der Waals surface area contributed by atoms with Crippen LogP contribution in [0.1, 0.15) is 38.5 Å². The van der Waals surface area contributed by atoms with E-state index >= 15 is 0 Å². The molecule has 0 fully saturated rings. The molecular formula is C15H22N2OS. The molecule has 0 amide bonds. The minimum Gasteiger partial charge on any atom is -0.440 e. The zero-order valence-electron chi connectivity index (χ0n) is 12.1. The molecule has 2 aromatic heterocycles. The van der Waals surface area contributed by atoms with Crippen molar-refractivity contribution in [3.63, 3.8) is 0 Å². The van der Waals surface area contributed by atoms with Crippen molar-refractivity contribution in [3.8, 4) is 10.6 Å². The molecule has 0 unspecified atom stereocenters. The summed E-state index contributed by atoms with van der Waals surface area (Å²) in [6, 6.07) is 4.27. The van der Waals surface area contributed by atoms with Crippen LogP contribution in [0.4, 0.5) is 0 Å². The Balaban J connectivity index is 1.95. The van der Waals surface area contributed by atoms with Crippen LogP contribution in [-0.2, 0) is 12.8 Å². The Hall–Kier alpha value is -1.13. The van der Waals surface area contributed by atoms with Gasteiger partial charge >= 0.3 is 0 Å². The lowest BCUT2D eigenvalue weighted by atomic mass is 10.1. The Labute approximate surface area is 119 Å². The van der Waals surface area contributed by atoms with Crippen LogP contribution in [0.25, 0.3) is 10.6 Å². The maximum Gasteiger partial charge on any atom is 0.196 e. The number of hydrogen-bond donors (Lipinski definition) is 1. The predicted octanol–water partition coefficient (Wildman–Crippen LogP) is 3.90. The van der Waals surface area contributed by atoms with E-state index in [0.717, 1.165) is 31.0 Å². The van der Waals surface area contributed by atoms with Crippen LogP contribution < -0.4 is 5.32 Å². The highest BCUT2D eigenvalue weighted by atomic mass is 32.1. The first-order valence-corrected chi connectivity index (χ1v) is 7.58. The third-order valence-corrected chi connectivity index (χ3v) is 4.04. The third-order valence-electron chi connectivity index (χ3n) is 2.80. The van der Waals surface area contributed by atoms with Crippen LogP contribution in [0.3, 0.4) is 0 Å². The second-order valence-electron chi connectivity index (χ2n) is 5.66. The molecule has 4 heteroatoms. The van der Waals surface area contributed by atoms with Gasteiger partial charge in [-0.2, -0.15) is 0 Å². The van der Waals surface area contributed by atoms with Crippen LogP contribution in [0.5, 0.6) is 0 Å². The van der Waals surface area contributed by atoms with Gasteiger partial charge in [-0.25, -0.2) is 4.98 Å². The molecule has 0 saturated heterocycles. The second kappa shape index (κ2) is 5.88. The van der Waals surface area contributed by atoms with E-state index < -0.39 is 0 Å². The van der Waals surface area contributed by atoms with Gasteiger partial charge in [0, 0.05) is 23.4 Å². The minimum atomic E-state index is 0.138. The van der Waals surface area contributed by atoms with Gasteiger partial charge in [0.2, 0.25) is 0 Å². The van der Waals surface area contributed by atoms with E-state index in [1.165, 1.54) is 9.75 Å². The molecule has 104 valence electrons. The highest BCUT2D eigenvalue weighted by Crippen LogP contribution is 2.28. The van der Waals surface area contributed by atoms with Gasteiger partial charge in [-0.05, 0) is 39.3 Å². The van der Waals surface area contributed by atoms with Crippen molar-refractivity contribution >= 4 is 11.3 Å². The highest BCUT2D eigenvalue weighted by molar-refractivity contribution is 7.15. The summed E-state index contributed by atoms with van der Waals surface area (Å²) in [5.41, 5.74) is 0.138. The van der Waals surface area contributed by atoms with Gasteiger partial charge in [0.05, 0.1) is 11.1 Å². The number of thiophene rings is 1. The first kappa shape index (κ1) is 14.3. The lowest BCUT2D eigenvalue weighted by Gasteiger charge is -2.19. The molecule has 3 nitrogen and oxygen atoms in total. The smallest absolute Gasteiger partial charge is 0.196 e. The summed E-state index contributed by atoms with van der Waals surface area (Å²) in [4.78, 5) is 6.89. The standard InChI is InChI=1S/C15H22N2OS/c1-5-11-6-7-13(19-11)12-10-16-14(18-12)8-9-17-15(2,3)4/h6-7,10,17H,5,8-9H2,1-4H3. The van der Waals surface area contributed by atoms with E-state index in [4.69, 9.17) is 4.42 Å². The molecule has 1 N–H and O–H groups in total. The van der Waals surface area contributed by atoms with Gasteiger partial charge in [0.1, 0.15) is 0 Å². The van der Waals surface area contributed by atoms with Gasteiger partial charge in [0.25, 0.3) is 0 Å². The summed E-state index contributed by atoms with van der Waals surface area (Å²) in [6.07, 6.45) is 3.72. The molecule has 0 saturated carbocycles. The first-order chi connectivity index (χ1) is 8.98. The average Bonchev–Trinajstić information content (AvgIpc) is 2.94. The van der Waals surface area contributed by atoms with Crippen molar-refractivity contribution in [2.24, 2.45) is 0 Å². The van der Waals surface area contributed by atoms with Crippen molar-refractivity contribution in [1.29, 1.82) is 0 Å². The summed E-state index contributed by atoms with van der Waals surface area (Å²) in [5.74, 6) is 1.69. The van der Waals surface area contributed by atoms with Crippen molar-refractivity contribution in [1.82, 2.24) is 10.3 Å². The lowest BCUT2D eigenvalue weighted by molar-refractivity contribution is 0.412. The van der Waals surface area contributed by atoms with Crippen LogP contribution in [0, 0.1) is 0 Å². The minimum absolute atomic E-state index is 0.138. The molecule has 0 aromatic carbocycles. The fourth-order valence-electron chi connectivity index (χ4n) is 1.78. The summed E-state index contributed by atoms with van der Waals surface area (Å²) >= 11 is 1.78. The SMILES string of the molecule is CCc1ccc(-c2cnc(CCNC(C)(C)C)o2)s1. The van der Waals surface area contributed by atoms with E-state index in [9.17, 15) is 0 Å². The predicted molar refractivity (Wildman–Crippen MR) is 80.7 cm³/mol. The number of oxazole rings is 1. The highest BCUT2D eigenvalue weighted by Gasteiger charge is 2.11. The number of hydrogen-bond acceptors (Lipinski definition) is 4. The van der Waals surface area contributed by atoms with E-state index in [1.54, 1.807) is 11.3 Å². The van der Waals surface area contributed by atoms with Gasteiger partial charge in [-0.1, -0.05) is 6.92 Å². The molecular weight excluding hydrogens is 256 g/mol. The maximum absolute atomic E-state index is 5.80. The fourth-order valence-corrected chi connectivity index (χ4v) is 2.68. The Kier molecular flexibility index (Phi) is 4.42. The van der Waals surface area contributed by atoms with Crippen molar-refractivity contribution in [3.05, 3.63) is 29.1 Å². The topological polar surface area (TPSA) is 38.1 Å². The number of rotatable bonds is 5. The Bertz CT molecular complexity index is 522. The molecule has 0 spiro atoms. The van der Waals surface area contributed by atoms with Gasteiger partial charge in [-0.3, -0.25) is 0 Å². The Morgan fingerprint density at radius 1 is 1.32 bits per heavy atom. The zero-order valence-corrected chi connectivity index (χ0v) is 12.9. The monoisotopic (exact) mass is 278 g/mol. The number of nitrogens with zero attached hydrogens (tertiary/aromatic N) is 1. The van der Waals surface area contributed by atoms with Crippen molar-refractivity contribution in [2.75, 3.05) is 6.54 Å². The second-order valence-corrected chi connectivity index (χ2v) is 6.83. The lowest BCUT2D eigenvalue weighted by Crippen LogP contribution is -2.37. The molecule has 19 heavy (non-hydrogen) atoms. The summed E-state index contributed by atoms with van der Waals surface area (Å²) in [6.45, 7) is 9.53. The fraction of sp³-hybridized carbons (Fsp3) is 0.533. The molecule has 2 aromatic rings. The first-order valence-electron chi connectivity index (χ1n) is 6.77. The summed E-state index contributed by atoms with van der Waals surface area (Å²) in [5, 5.41) is 3.44. The molecule has 0 atom stereocenters. The van der Waals surface area contributed by atoms with Gasteiger partial charge in [-0.15, -0.1) is 11.3 Å². The molecule has 0 aliphatic rings. The number of nitrogens with one attached hydrogen (secondary N) is 1. The normalized spacial score (nSPS) is 12.0. The van der Waals surface area contributed by atoms with E-state index in [1.807, 2.05) is 6.20 Å². The summed E-state index contributed by atoms with van der Waals surface area (Å²) in [7, 11) is 0. The van der Waals surface area contributed by atoms with Crippen LogP contribution in [0.2, 0.25) is 0 Å². The van der Waals surface area contributed by atoms with Crippen molar-refractivity contribution < 1.29 is 4.42 Å². The van der Waals surface area contributed by atoms with E-state index in [0.29, 0.717) is 0 Å². The largest absolute Gasteiger partial charge is 0.440 e. The Morgan fingerprint density at radius 2 is 2.11 bits per heavy atom. The van der Waals surface area contributed by atoms with Crippen LogP contribution in [-0.4, -0.2) is 17.1 Å². The zero-order chi connectivity index (χ0) is 13.9. The molecule has 2 heterocycles. The van der Waals surface area contributed by atoms with Crippen LogP contribution in [0.15, 0.2) is 22.7 Å². The number of aromatic nitrogens is 1. The van der Waals surface area contributed by atoms with Crippen molar-refractivity contribution in [2.45, 2.75) is 46.1 Å². The Morgan fingerprint density at radius 3 is 2.74 bits per heavy atom. The maximum atomic E-state index is 5.80. The van der Waals surface area contributed by atoms with E-state index in [-0.39, 0.29) is 5.54 Å². The molecule has 2 rings (SSSR count). The molecule has 0 aliphatic heterocycles. The molecule has 0 aliphatic carbocycles. The summed E-state index contributed by atoms with van der Waals surface area (Å²) < 4.78 is 5.80. The van der Waals surface area contributed by atoms with Gasteiger partial charge < -0.3 is 9.73 Å². The van der Waals surface area contributed by atoms with Crippen LogP contribution >= 0.6 is 11.3 Å². The quantitative estimate of drug-likeness (QED) is 0.901.